The molecule has 0 unspecified atom stereocenters. The maximum Gasteiger partial charge on any atom is 0.164 e. The van der Waals surface area contributed by atoms with Crippen LogP contribution in [0, 0.1) is 0 Å². The first-order valence-electron chi connectivity index (χ1n) is 48.2. The van der Waals surface area contributed by atoms with Gasteiger partial charge in [0.2, 0.25) is 0 Å². The molecule has 13 nitrogen and oxygen atoms in total. The van der Waals surface area contributed by atoms with E-state index in [1.54, 1.807) is 0 Å². The summed E-state index contributed by atoms with van der Waals surface area (Å²) in [4.78, 5) is 58.5. The number of fused-ring (bicyclic) bond motifs is 12. The van der Waals surface area contributed by atoms with Gasteiger partial charge in [-0.2, -0.15) is 0 Å². The summed E-state index contributed by atoms with van der Waals surface area (Å²) in [6.45, 7) is 0. The third-order valence-corrected chi connectivity index (χ3v) is 30.8. The molecular formula is C129H82N12OS4. The predicted octanol–water partition coefficient (Wildman–Crippen LogP) is 35.7. The summed E-state index contributed by atoms with van der Waals surface area (Å²) in [5.74, 6) is 5.84. The summed E-state index contributed by atoms with van der Waals surface area (Å²) in [6, 6.07) is 173. The number of aromatic nitrogens is 9. The highest BCUT2D eigenvalue weighted by Crippen LogP contribution is 2.57. The Labute approximate surface area is 859 Å². The highest BCUT2D eigenvalue weighted by atomic mass is 32.2. The highest BCUT2D eigenvalue weighted by molar-refractivity contribution is 8.00. The van der Waals surface area contributed by atoms with Gasteiger partial charge in [-0.15, -0.1) is 11.3 Å². The number of thiophene rings is 1. The van der Waals surface area contributed by atoms with Crippen LogP contribution in [0.3, 0.4) is 0 Å². The summed E-state index contributed by atoms with van der Waals surface area (Å²) in [6.07, 6.45) is 0. The van der Waals surface area contributed by atoms with Crippen molar-refractivity contribution in [3.63, 3.8) is 0 Å². The molecule has 0 N–H and O–H groups in total. The molecule has 5 aromatic heterocycles. The fourth-order valence-corrected chi connectivity index (χ4v) is 23.6. The van der Waals surface area contributed by atoms with Crippen LogP contribution in [0.15, 0.2) is 531 Å². The van der Waals surface area contributed by atoms with Crippen molar-refractivity contribution < 1.29 is 4.42 Å². The molecule has 688 valence electrons. The van der Waals surface area contributed by atoms with E-state index in [0.29, 0.717) is 52.4 Å². The van der Waals surface area contributed by atoms with Crippen LogP contribution in [-0.4, -0.2) is 44.9 Å². The normalized spacial score (nSPS) is 12.1. The summed E-state index contributed by atoms with van der Waals surface area (Å²) in [5.41, 5.74) is 27.7. The molecule has 0 amide bonds. The molecule has 0 bridgehead atoms. The minimum atomic E-state index is 0.635. The molecule has 0 fully saturated rings. The molecule has 0 spiro atoms. The van der Waals surface area contributed by atoms with Crippen molar-refractivity contribution in [2.75, 3.05) is 14.7 Å². The second-order valence-corrected chi connectivity index (χ2v) is 39.8. The Morgan fingerprint density at radius 3 is 0.733 bits per heavy atom. The number of furan rings is 1. The molecule has 25 aromatic rings. The monoisotopic (exact) mass is 1940 g/mol. The Hall–Kier alpha value is -18.1. The topological polar surface area (TPSA) is 139 Å². The zero-order valence-corrected chi connectivity index (χ0v) is 81.5. The lowest BCUT2D eigenvalue weighted by Gasteiger charge is -2.33. The van der Waals surface area contributed by atoms with Gasteiger partial charge >= 0.3 is 0 Å². The molecule has 3 aliphatic rings. The van der Waals surface area contributed by atoms with Gasteiger partial charge in [-0.3, -0.25) is 0 Å². The maximum atomic E-state index is 6.10. The van der Waals surface area contributed by atoms with Gasteiger partial charge in [0.25, 0.3) is 0 Å². The van der Waals surface area contributed by atoms with E-state index in [2.05, 4.69) is 318 Å². The molecule has 28 rings (SSSR count). The van der Waals surface area contributed by atoms with Gasteiger partial charge in [0.05, 0.1) is 34.1 Å². The van der Waals surface area contributed by atoms with Gasteiger partial charge in [0.1, 0.15) is 11.2 Å². The molecule has 0 radical (unpaired) electrons. The third kappa shape index (κ3) is 17.4. The maximum absolute atomic E-state index is 6.10. The van der Waals surface area contributed by atoms with E-state index >= 15 is 0 Å². The zero-order chi connectivity index (χ0) is 96.7. The average Bonchev–Trinajstić information content (AvgIpc) is 0.839. The largest absolute Gasteiger partial charge is 0.456 e. The zero-order valence-electron chi connectivity index (χ0n) is 78.3. The van der Waals surface area contributed by atoms with Gasteiger partial charge in [0.15, 0.2) is 52.4 Å². The number of hydrogen-bond donors (Lipinski definition) is 0. The molecule has 3 aliphatic heterocycles. The van der Waals surface area contributed by atoms with Crippen molar-refractivity contribution in [3.05, 3.63) is 497 Å². The lowest BCUT2D eigenvalue weighted by molar-refractivity contribution is 0.669. The molecule has 0 atom stereocenters. The van der Waals surface area contributed by atoms with Crippen molar-refractivity contribution in [2.45, 2.75) is 29.4 Å². The van der Waals surface area contributed by atoms with E-state index in [-0.39, 0.29) is 0 Å². The molecule has 8 heterocycles. The van der Waals surface area contributed by atoms with Crippen LogP contribution in [-0.2, 0) is 0 Å². The molecule has 0 aliphatic carbocycles. The smallest absolute Gasteiger partial charge is 0.164 e. The van der Waals surface area contributed by atoms with Crippen LogP contribution in [0.25, 0.3) is 178 Å². The van der Waals surface area contributed by atoms with Crippen LogP contribution in [0.2, 0.25) is 0 Å². The summed E-state index contributed by atoms with van der Waals surface area (Å²) < 4.78 is 8.75. The van der Waals surface area contributed by atoms with Gasteiger partial charge in [-0.25, -0.2) is 44.9 Å². The number of rotatable bonds is 15. The van der Waals surface area contributed by atoms with Gasteiger partial charge in [0, 0.05) is 127 Å². The first-order chi connectivity index (χ1) is 72.3. The molecule has 0 saturated carbocycles. The number of hydrogen-bond acceptors (Lipinski definition) is 17. The van der Waals surface area contributed by atoms with Crippen molar-refractivity contribution in [3.8, 4) is 136 Å². The highest BCUT2D eigenvalue weighted by Gasteiger charge is 2.31. The van der Waals surface area contributed by atoms with E-state index in [1.165, 1.54) is 94.4 Å². The summed E-state index contributed by atoms with van der Waals surface area (Å²) >= 11 is 7.32. The number of benzene rings is 20. The lowest BCUT2D eigenvalue weighted by Crippen LogP contribution is -2.14. The predicted molar refractivity (Wildman–Crippen MR) is 601 cm³/mol. The standard InChI is InChI=1S/C45H28N4OS.C45H28N4S2.C39H26N4S/c2*1-3-11-29(12-4-1)43-46-44(30-13-5-2-6-14-30)48-45(47-43)31-19-23-34(24-20-31)49-37-16-8-10-18-41(37)51-42-28-33(21-25-38(42)49)32-22-26-40-36(27-32)35-15-7-9-17-39(35)50-40;1-4-12-27(13-5-1)31-22-25-34-36(26-31)44-35-19-11-10-18-33(35)43(34)32-23-20-30(21-24-32)39-41-37(28-14-6-2-7-15-28)40-38(42-39)29-16-8-3-9-17-29/h2*1-28H;1-26H. The Balaban J connectivity index is 0.000000112. The van der Waals surface area contributed by atoms with Crippen molar-refractivity contribution in [1.82, 2.24) is 44.9 Å². The van der Waals surface area contributed by atoms with Crippen molar-refractivity contribution in [2.24, 2.45) is 0 Å². The summed E-state index contributed by atoms with van der Waals surface area (Å²) in [7, 11) is 0. The van der Waals surface area contributed by atoms with E-state index in [1.807, 2.05) is 241 Å². The third-order valence-electron chi connectivity index (χ3n) is 26.4. The van der Waals surface area contributed by atoms with Gasteiger partial charge in [-0.1, -0.05) is 351 Å². The SMILES string of the molecule is c1ccc(-c2ccc3c(c2)Sc2ccccc2N3c2ccc(-c3nc(-c4ccccc4)nc(-c4ccccc4)n3)cc2)cc1.c1ccc(-c2nc(-c3ccccc3)nc(-c3ccc(N4c5ccccc5Sc5cc(-c6ccc7oc8ccccc8c7c6)ccc54)cc3)n2)cc1.c1ccc(-c2nc(-c3ccccc3)nc(-c3ccc(N4c5ccccc5Sc5cc(-c6ccc7sc8ccccc8c7c6)ccc54)cc3)n2)cc1. The Morgan fingerprint density at radius 2 is 0.384 bits per heavy atom. The van der Waals surface area contributed by atoms with E-state index in [9.17, 15) is 0 Å². The molecule has 0 saturated heterocycles. The first kappa shape index (κ1) is 88.1. The molecular weight excluding hydrogens is 1860 g/mol. The average molecular weight is 1940 g/mol. The fourth-order valence-electron chi connectivity index (χ4n) is 19.2. The van der Waals surface area contributed by atoms with E-state index < -0.39 is 0 Å². The van der Waals surface area contributed by atoms with Crippen molar-refractivity contribution >= 4 is 140 Å². The van der Waals surface area contributed by atoms with E-state index in [0.717, 1.165) is 112 Å². The lowest BCUT2D eigenvalue weighted by atomic mass is 10.0. The minimum Gasteiger partial charge on any atom is -0.456 e. The second kappa shape index (κ2) is 38.7. The quantitative estimate of drug-likeness (QED) is 0.0961. The summed E-state index contributed by atoms with van der Waals surface area (Å²) in [5, 5.41) is 4.90. The van der Waals surface area contributed by atoms with Crippen LogP contribution in [0.5, 0.6) is 0 Å². The van der Waals surface area contributed by atoms with Crippen molar-refractivity contribution in [1.29, 1.82) is 0 Å². The van der Waals surface area contributed by atoms with Crippen LogP contribution < -0.4 is 14.7 Å². The Morgan fingerprint density at radius 1 is 0.151 bits per heavy atom. The van der Waals surface area contributed by atoms with Crippen LogP contribution in [0.4, 0.5) is 51.2 Å². The molecule has 17 heteroatoms. The minimum absolute atomic E-state index is 0.635. The van der Waals surface area contributed by atoms with Crippen LogP contribution in [0.1, 0.15) is 0 Å². The first-order valence-corrected chi connectivity index (χ1v) is 51.5. The van der Waals surface area contributed by atoms with E-state index in [4.69, 9.17) is 49.3 Å². The fraction of sp³-hybridized carbons (Fsp3) is 0. The van der Waals surface area contributed by atoms with Gasteiger partial charge in [-0.05, 0) is 215 Å². The number of para-hydroxylation sites is 4. The Bertz CT molecular complexity index is 8660. The Kier molecular flexibility index (Phi) is 23.4. The number of anilines is 9. The number of nitrogens with zero attached hydrogens (tertiary/aromatic N) is 12. The van der Waals surface area contributed by atoms with Gasteiger partial charge < -0.3 is 19.1 Å². The molecule has 20 aromatic carbocycles. The van der Waals surface area contributed by atoms with Crippen LogP contribution >= 0.6 is 46.6 Å². The molecule has 146 heavy (non-hydrogen) atoms. The second-order valence-electron chi connectivity index (χ2n) is 35.5.